The van der Waals surface area contributed by atoms with Gasteiger partial charge in [-0.3, -0.25) is 4.79 Å². The second kappa shape index (κ2) is 6.45. The summed E-state index contributed by atoms with van der Waals surface area (Å²) < 4.78 is 43.8. The number of pyridine rings is 1. The molecular weight excluding hydrogens is 335 g/mol. The lowest BCUT2D eigenvalue weighted by Crippen LogP contribution is -2.23. The van der Waals surface area contributed by atoms with Gasteiger partial charge in [-0.25, -0.2) is 4.79 Å². The summed E-state index contributed by atoms with van der Waals surface area (Å²) in [4.78, 5) is 23.4. The summed E-state index contributed by atoms with van der Waals surface area (Å²) >= 11 is 5.59. The van der Waals surface area contributed by atoms with Gasteiger partial charge in [0.05, 0.1) is 24.8 Å². The van der Waals surface area contributed by atoms with Crippen molar-refractivity contribution in [3.8, 4) is 0 Å². The number of hydrogen-bond acceptors (Lipinski definition) is 3. The standard InChI is InChI=1S/C15H11ClF3NO3/c1-23-14(22)10-4-2-3-9(5-10)7-20-8-11(15(17,18)19)6-12(16)13(20)21/h2-6,8H,7H2,1H3. The van der Waals surface area contributed by atoms with Gasteiger partial charge in [0.15, 0.2) is 0 Å². The van der Waals surface area contributed by atoms with Crippen molar-refractivity contribution in [2.24, 2.45) is 0 Å². The van der Waals surface area contributed by atoms with E-state index in [1.807, 2.05) is 0 Å². The Morgan fingerprint density at radius 2 is 2.00 bits per heavy atom. The number of methoxy groups -OCH3 is 1. The van der Waals surface area contributed by atoms with Crippen molar-refractivity contribution in [1.82, 2.24) is 4.57 Å². The SMILES string of the molecule is COC(=O)c1cccc(Cn2cc(C(F)(F)F)cc(Cl)c2=O)c1. The number of ether oxygens (including phenoxy) is 1. The molecule has 0 aliphatic rings. The van der Waals surface area contributed by atoms with E-state index in [2.05, 4.69) is 4.74 Å². The molecule has 0 N–H and O–H groups in total. The zero-order valence-corrected chi connectivity index (χ0v) is 12.6. The van der Waals surface area contributed by atoms with Gasteiger partial charge in [-0.2, -0.15) is 13.2 Å². The summed E-state index contributed by atoms with van der Waals surface area (Å²) in [5.74, 6) is -0.582. The summed E-state index contributed by atoms with van der Waals surface area (Å²) in [7, 11) is 1.21. The number of esters is 1. The smallest absolute Gasteiger partial charge is 0.417 e. The number of nitrogens with zero attached hydrogens (tertiary/aromatic N) is 1. The second-order valence-electron chi connectivity index (χ2n) is 4.70. The Hall–Kier alpha value is -2.28. The largest absolute Gasteiger partial charge is 0.465 e. The highest BCUT2D eigenvalue weighted by Gasteiger charge is 2.32. The van der Waals surface area contributed by atoms with Crippen molar-refractivity contribution in [1.29, 1.82) is 0 Å². The lowest BCUT2D eigenvalue weighted by atomic mass is 10.1. The molecule has 2 aromatic rings. The molecule has 0 fully saturated rings. The summed E-state index contributed by atoms with van der Waals surface area (Å²) in [6, 6.07) is 6.64. The van der Waals surface area contributed by atoms with E-state index < -0.39 is 28.3 Å². The highest BCUT2D eigenvalue weighted by Crippen LogP contribution is 2.29. The van der Waals surface area contributed by atoms with Gasteiger partial charge in [0.2, 0.25) is 0 Å². The summed E-state index contributed by atoms with van der Waals surface area (Å²) in [6.45, 7) is -0.159. The number of hydrogen-bond donors (Lipinski definition) is 0. The van der Waals surface area contributed by atoms with Crippen molar-refractivity contribution in [3.05, 3.63) is 68.6 Å². The predicted octanol–water partition coefficient (Wildman–Crippen LogP) is 3.36. The van der Waals surface area contributed by atoms with Crippen LogP contribution in [0, 0.1) is 0 Å². The van der Waals surface area contributed by atoms with Crippen LogP contribution in [0.25, 0.3) is 0 Å². The van der Waals surface area contributed by atoms with Crippen LogP contribution >= 0.6 is 11.6 Å². The summed E-state index contributed by atoms with van der Waals surface area (Å²) in [5.41, 5.74) is -1.07. The number of carbonyl (C=O) groups is 1. The Labute approximate surface area is 134 Å². The Kier molecular flexibility index (Phi) is 4.79. The molecule has 1 aromatic carbocycles. The molecule has 4 nitrogen and oxygen atoms in total. The fourth-order valence-electron chi connectivity index (χ4n) is 1.98. The van der Waals surface area contributed by atoms with Crippen LogP contribution in [0.4, 0.5) is 13.2 Å². The third-order valence-corrected chi connectivity index (χ3v) is 3.34. The first-order chi connectivity index (χ1) is 10.7. The first-order valence-electron chi connectivity index (χ1n) is 6.37. The lowest BCUT2D eigenvalue weighted by molar-refractivity contribution is -0.138. The van der Waals surface area contributed by atoms with Crippen LogP contribution in [0.2, 0.25) is 5.02 Å². The van der Waals surface area contributed by atoms with E-state index in [4.69, 9.17) is 11.6 Å². The molecule has 1 heterocycles. The Morgan fingerprint density at radius 3 is 2.61 bits per heavy atom. The molecule has 1 aromatic heterocycles. The summed E-state index contributed by atoms with van der Waals surface area (Å²) in [6.07, 6.45) is -3.92. The predicted molar refractivity (Wildman–Crippen MR) is 77.6 cm³/mol. The molecule has 0 amide bonds. The van der Waals surface area contributed by atoms with Crippen LogP contribution in [-0.2, 0) is 17.5 Å². The number of halogens is 4. The molecule has 0 atom stereocenters. The van der Waals surface area contributed by atoms with Gasteiger partial charge < -0.3 is 9.30 Å². The normalized spacial score (nSPS) is 11.3. The van der Waals surface area contributed by atoms with Gasteiger partial charge in [0.25, 0.3) is 5.56 Å². The van der Waals surface area contributed by atoms with Gasteiger partial charge in [-0.05, 0) is 23.8 Å². The van der Waals surface area contributed by atoms with Gasteiger partial charge in [0.1, 0.15) is 5.02 Å². The van der Waals surface area contributed by atoms with Gasteiger partial charge in [-0.15, -0.1) is 0 Å². The van der Waals surface area contributed by atoms with Gasteiger partial charge >= 0.3 is 12.1 Å². The third kappa shape index (κ3) is 3.92. The second-order valence-corrected chi connectivity index (χ2v) is 5.11. The van der Waals surface area contributed by atoms with E-state index in [0.717, 1.165) is 4.57 Å². The quantitative estimate of drug-likeness (QED) is 0.801. The molecule has 0 unspecified atom stereocenters. The Balaban J connectivity index is 2.42. The molecule has 0 saturated carbocycles. The fourth-order valence-corrected chi connectivity index (χ4v) is 2.21. The molecule has 0 radical (unpaired) electrons. The van der Waals surface area contributed by atoms with Crippen LogP contribution in [0.15, 0.2) is 41.3 Å². The lowest BCUT2D eigenvalue weighted by Gasteiger charge is -2.12. The molecule has 0 saturated heterocycles. The number of rotatable bonds is 3. The van der Waals surface area contributed by atoms with Crippen molar-refractivity contribution in [2.45, 2.75) is 12.7 Å². The van der Waals surface area contributed by atoms with Crippen molar-refractivity contribution >= 4 is 17.6 Å². The van der Waals surface area contributed by atoms with Crippen LogP contribution < -0.4 is 5.56 Å². The fraction of sp³-hybridized carbons (Fsp3) is 0.200. The Morgan fingerprint density at radius 1 is 1.30 bits per heavy atom. The average Bonchev–Trinajstić information content (AvgIpc) is 2.50. The molecule has 0 aliphatic heterocycles. The number of carbonyl (C=O) groups excluding carboxylic acids is 1. The first-order valence-corrected chi connectivity index (χ1v) is 6.74. The zero-order chi connectivity index (χ0) is 17.2. The molecule has 2 rings (SSSR count). The number of aromatic nitrogens is 1. The summed E-state index contributed by atoms with van der Waals surface area (Å²) in [5, 5.41) is -0.524. The van der Waals surface area contributed by atoms with Gasteiger partial charge in [-0.1, -0.05) is 23.7 Å². The molecule has 23 heavy (non-hydrogen) atoms. The third-order valence-electron chi connectivity index (χ3n) is 3.07. The first kappa shape index (κ1) is 17.1. The van der Waals surface area contributed by atoms with Crippen LogP contribution in [0.3, 0.4) is 0 Å². The van der Waals surface area contributed by atoms with E-state index in [9.17, 15) is 22.8 Å². The Bertz CT molecular complexity index is 799. The highest BCUT2D eigenvalue weighted by molar-refractivity contribution is 6.30. The molecular formula is C15H11ClF3NO3. The zero-order valence-electron chi connectivity index (χ0n) is 11.9. The van der Waals surface area contributed by atoms with E-state index in [1.165, 1.54) is 19.2 Å². The van der Waals surface area contributed by atoms with E-state index in [1.54, 1.807) is 12.1 Å². The molecule has 8 heteroatoms. The van der Waals surface area contributed by atoms with E-state index >= 15 is 0 Å². The maximum atomic E-state index is 12.8. The van der Waals surface area contributed by atoms with Crippen LogP contribution in [0.1, 0.15) is 21.5 Å². The molecule has 0 bridgehead atoms. The van der Waals surface area contributed by atoms with Crippen LogP contribution in [0.5, 0.6) is 0 Å². The van der Waals surface area contributed by atoms with E-state index in [0.29, 0.717) is 17.8 Å². The maximum absolute atomic E-state index is 12.8. The number of benzene rings is 1. The van der Waals surface area contributed by atoms with Gasteiger partial charge in [0, 0.05) is 6.20 Å². The van der Waals surface area contributed by atoms with E-state index in [-0.39, 0.29) is 12.1 Å². The number of alkyl halides is 3. The maximum Gasteiger partial charge on any atom is 0.417 e. The highest BCUT2D eigenvalue weighted by atomic mass is 35.5. The van der Waals surface area contributed by atoms with Crippen molar-refractivity contribution in [3.63, 3.8) is 0 Å². The average molecular weight is 346 g/mol. The molecule has 0 aliphatic carbocycles. The van der Waals surface area contributed by atoms with Crippen molar-refractivity contribution < 1.29 is 22.7 Å². The van der Waals surface area contributed by atoms with Crippen LogP contribution in [-0.4, -0.2) is 17.6 Å². The monoisotopic (exact) mass is 345 g/mol. The minimum Gasteiger partial charge on any atom is -0.465 e. The topological polar surface area (TPSA) is 48.3 Å². The van der Waals surface area contributed by atoms with Crippen molar-refractivity contribution in [2.75, 3.05) is 7.11 Å². The molecule has 0 spiro atoms. The minimum atomic E-state index is -4.62. The molecule has 122 valence electrons. The minimum absolute atomic E-state index is 0.159.